The number of carbonyl (C=O) groups excluding carboxylic acids is 1. The molecule has 0 unspecified atom stereocenters. The normalized spacial score (nSPS) is 10.5. The summed E-state index contributed by atoms with van der Waals surface area (Å²) in [4.78, 5) is 11.9. The van der Waals surface area contributed by atoms with Crippen LogP contribution in [0.2, 0.25) is 10.0 Å². The van der Waals surface area contributed by atoms with Gasteiger partial charge in [0.25, 0.3) is 5.88 Å². The largest absolute Gasteiger partial charge is 0.503 e. The molecule has 3 aromatic rings. The van der Waals surface area contributed by atoms with Gasteiger partial charge in [0.05, 0.1) is 10.9 Å². The van der Waals surface area contributed by atoms with Crippen LogP contribution in [0.5, 0.6) is 11.6 Å². The van der Waals surface area contributed by atoms with E-state index in [4.69, 9.17) is 27.9 Å². The Bertz CT molecular complexity index is 902. The molecule has 23 heavy (non-hydrogen) atoms. The van der Waals surface area contributed by atoms with Gasteiger partial charge in [-0.15, -0.1) is 10.2 Å². The number of rotatable bonds is 2. The lowest BCUT2D eigenvalue weighted by atomic mass is 10.2. The van der Waals surface area contributed by atoms with E-state index in [0.29, 0.717) is 26.6 Å². The van der Waals surface area contributed by atoms with Crippen molar-refractivity contribution >= 4 is 45.9 Å². The van der Waals surface area contributed by atoms with Crippen LogP contribution in [0.15, 0.2) is 42.5 Å². The topological polar surface area (TPSA) is 84.3 Å². The monoisotopic (exact) mass is 349 g/mol. The van der Waals surface area contributed by atoms with E-state index < -0.39 is 6.09 Å². The van der Waals surface area contributed by atoms with E-state index in [2.05, 4.69) is 15.5 Å². The summed E-state index contributed by atoms with van der Waals surface area (Å²) in [6.45, 7) is 0. The fourth-order valence-corrected chi connectivity index (χ4v) is 2.28. The molecular formula is C15H9Cl2N3O3. The van der Waals surface area contributed by atoms with E-state index in [9.17, 15) is 9.90 Å². The molecule has 8 heteroatoms. The highest BCUT2D eigenvalue weighted by Gasteiger charge is 2.15. The van der Waals surface area contributed by atoms with Gasteiger partial charge < -0.3 is 9.84 Å². The molecule has 1 amide bonds. The lowest BCUT2D eigenvalue weighted by Gasteiger charge is -2.08. The van der Waals surface area contributed by atoms with Gasteiger partial charge in [-0.2, -0.15) is 0 Å². The third-order valence-electron chi connectivity index (χ3n) is 2.93. The minimum absolute atomic E-state index is 0.320. The summed E-state index contributed by atoms with van der Waals surface area (Å²) in [5, 5.41) is 21.4. The zero-order valence-electron chi connectivity index (χ0n) is 11.5. The van der Waals surface area contributed by atoms with E-state index in [1.807, 2.05) is 0 Å². The molecule has 1 heterocycles. The summed E-state index contributed by atoms with van der Waals surface area (Å²) >= 11 is 11.7. The number of fused-ring (bicyclic) bond motifs is 1. The van der Waals surface area contributed by atoms with Gasteiger partial charge in [-0.1, -0.05) is 29.3 Å². The Kier molecular flexibility index (Phi) is 4.18. The number of aromatic nitrogens is 2. The van der Waals surface area contributed by atoms with Gasteiger partial charge in [-0.05, 0) is 36.4 Å². The molecule has 0 saturated heterocycles. The standard InChI is InChI=1S/C15H9Cl2N3O3/c16-8-2-1-3-10(6-8)18-15(22)23-14-13(21)11-7-9(17)4-5-12(11)19-20-14/h1-7H,(H,18,22)(H,19,21). The van der Waals surface area contributed by atoms with Crippen molar-refractivity contribution in [3.63, 3.8) is 0 Å². The summed E-state index contributed by atoms with van der Waals surface area (Å²) in [6.07, 6.45) is -0.835. The number of nitrogens with zero attached hydrogens (tertiary/aromatic N) is 2. The Balaban J connectivity index is 1.83. The van der Waals surface area contributed by atoms with Crippen LogP contribution in [0.3, 0.4) is 0 Å². The predicted molar refractivity (Wildman–Crippen MR) is 87.3 cm³/mol. The summed E-state index contributed by atoms with van der Waals surface area (Å²) in [5.74, 6) is -0.641. The first kappa shape index (κ1) is 15.3. The molecule has 0 fully saturated rings. The van der Waals surface area contributed by atoms with E-state index >= 15 is 0 Å². The number of benzene rings is 2. The minimum atomic E-state index is -0.835. The lowest BCUT2D eigenvalue weighted by Crippen LogP contribution is -2.17. The van der Waals surface area contributed by atoms with Crippen LogP contribution >= 0.6 is 23.2 Å². The van der Waals surface area contributed by atoms with Gasteiger partial charge in [0.15, 0.2) is 5.75 Å². The fourth-order valence-electron chi connectivity index (χ4n) is 1.91. The van der Waals surface area contributed by atoms with Crippen LogP contribution in [-0.4, -0.2) is 21.4 Å². The molecule has 2 aromatic carbocycles. The second-order valence-electron chi connectivity index (χ2n) is 4.54. The molecule has 116 valence electrons. The summed E-state index contributed by atoms with van der Waals surface area (Å²) in [5.41, 5.74) is 0.869. The number of aromatic hydroxyl groups is 1. The van der Waals surface area contributed by atoms with Gasteiger partial charge >= 0.3 is 6.09 Å². The summed E-state index contributed by atoms with van der Waals surface area (Å²) in [7, 11) is 0. The molecule has 0 atom stereocenters. The van der Waals surface area contributed by atoms with E-state index in [1.54, 1.807) is 36.4 Å². The molecule has 0 saturated carbocycles. The Hall–Kier alpha value is -2.57. The highest BCUT2D eigenvalue weighted by atomic mass is 35.5. The molecule has 0 aliphatic carbocycles. The SMILES string of the molecule is O=C(Nc1cccc(Cl)c1)Oc1nnc2ccc(Cl)cc2c1O. The number of hydrogen-bond acceptors (Lipinski definition) is 5. The summed E-state index contributed by atoms with van der Waals surface area (Å²) < 4.78 is 4.98. The predicted octanol–water partition coefficient (Wildman–Crippen LogP) is 4.25. The van der Waals surface area contributed by atoms with Crippen LogP contribution in [0.25, 0.3) is 10.9 Å². The van der Waals surface area contributed by atoms with Crippen molar-refractivity contribution in [2.24, 2.45) is 0 Å². The molecule has 3 rings (SSSR count). The molecular weight excluding hydrogens is 341 g/mol. The molecule has 2 N–H and O–H groups in total. The van der Waals surface area contributed by atoms with Crippen molar-refractivity contribution in [1.29, 1.82) is 0 Å². The van der Waals surface area contributed by atoms with Gasteiger partial charge in [-0.25, -0.2) is 4.79 Å². The van der Waals surface area contributed by atoms with Crippen molar-refractivity contribution in [2.75, 3.05) is 5.32 Å². The number of halogens is 2. The van der Waals surface area contributed by atoms with Crippen molar-refractivity contribution in [3.05, 3.63) is 52.5 Å². The quantitative estimate of drug-likeness (QED) is 0.722. The zero-order valence-corrected chi connectivity index (χ0v) is 13.0. The Labute approximate surface area is 140 Å². The van der Waals surface area contributed by atoms with Crippen LogP contribution in [0.1, 0.15) is 0 Å². The average molecular weight is 350 g/mol. The van der Waals surface area contributed by atoms with Crippen molar-refractivity contribution in [1.82, 2.24) is 10.2 Å². The molecule has 0 aliphatic heterocycles. The van der Waals surface area contributed by atoms with E-state index in [0.717, 1.165) is 0 Å². The van der Waals surface area contributed by atoms with E-state index in [1.165, 1.54) is 6.07 Å². The number of carbonyl (C=O) groups is 1. The third-order valence-corrected chi connectivity index (χ3v) is 3.40. The van der Waals surface area contributed by atoms with E-state index in [-0.39, 0.29) is 11.6 Å². The van der Waals surface area contributed by atoms with Gasteiger partial charge in [0.1, 0.15) is 0 Å². The van der Waals surface area contributed by atoms with Gasteiger partial charge in [0, 0.05) is 15.7 Å². The Morgan fingerprint density at radius 1 is 1.09 bits per heavy atom. The smallest absolute Gasteiger partial charge is 0.418 e. The maximum atomic E-state index is 11.9. The van der Waals surface area contributed by atoms with Crippen LogP contribution < -0.4 is 10.1 Å². The third kappa shape index (κ3) is 3.44. The Morgan fingerprint density at radius 2 is 1.87 bits per heavy atom. The molecule has 1 aromatic heterocycles. The molecule has 0 bridgehead atoms. The maximum absolute atomic E-state index is 11.9. The van der Waals surface area contributed by atoms with Gasteiger partial charge in [0.2, 0.25) is 0 Å². The van der Waals surface area contributed by atoms with Crippen LogP contribution in [0, 0.1) is 0 Å². The van der Waals surface area contributed by atoms with Crippen LogP contribution in [0.4, 0.5) is 10.5 Å². The van der Waals surface area contributed by atoms with Crippen LogP contribution in [-0.2, 0) is 0 Å². The minimum Gasteiger partial charge on any atom is -0.503 e. The highest BCUT2D eigenvalue weighted by Crippen LogP contribution is 2.32. The molecule has 0 spiro atoms. The first-order valence-corrected chi connectivity index (χ1v) is 7.18. The molecule has 6 nitrogen and oxygen atoms in total. The van der Waals surface area contributed by atoms with Crippen molar-refractivity contribution in [2.45, 2.75) is 0 Å². The maximum Gasteiger partial charge on any atom is 0.418 e. The number of anilines is 1. The average Bonchev–Trinajstić information content (AvgIpc) is 2.50. The first-order valence-electron chi connectivity index (χ1n) is 6.42. The second-order valence-corrected chi connectivity index (χ2v) is 5.41. The summed E-state index contributed by atoms with van der Waals surface area (Å²) in [6, 6.07) is 11.2. The first-order chi connectivity index (χ1) is 11.0. The highest BCUT2D eigenvalue weighted by molar-refractivity contribution is 6.31. The number of nitrogens with one attached hydrogen (secondary N) is 1. The molecule has 0 radical (unpaired) electrons. The van der Waals surface area contributed by atoms with Gasteiger partial charge in [-0.3, -0.25) is 5.32 Å². The Morgan fingerprint density at radius 3 is 2.65 bits per heavy atom. The number of hydrogen-bond donors (Lipinski definition) is 2. The zero-order chi connectivity index (χ0) is 16.4. The molecule has 0 aliphatic rings. The van der Waals surface area contributed by atoms with Crippen molar-refractivity contribution < 1.29 is 14.6 Å². The number of amides is 1. The number of ether oxygens (including phenoxy) is 1. The second kappa shape index (κ2) is 6.28. The lowest BCUT2D eigenvalue weighted by molar-refractivity contribution is 0.210. The fraction of sp³-hybridized carbons (Fsp3) is 0. The van der Waals surface area contributed by atoms with Crippen molar-refractivity contribution in [3.8, 4) is 11.6 Å².